The molecular formula is C21H20Cl2N2OS2. The molecule has 146 valence electrons. The molecule has 4 rings (SSSR count). The predicted octanol–water partition coefficient (Wildman–Crippen LogP) is 6.51. The third kappa shape index (κ3) is 3.90. The van der Waals surface area contributed by atoms with Gasteiger partial charge in [-0.3, -0.25) is 4.79 Å². The summed E-state index contributed by atoms with van der Waals surface area (Å²) in [6.45, 7) is 6.73. The molecule has 3 aromatic rings. The first-order valence-electron chi connectivity index (χ1n) is 9.20. The van der Waals surface area contributed by atoms with Gasteiger partial charge in [-0.15, -0.1) is 11.3 Å². The summed E-state index contributed by atoms with van der Waals surface area (Å²) < 4.78 is 2.14. The molecule has 1 aliphatic carbocycles. The number of imidazole rings is 1. The van der Waals surface area contributed by atoms with E-state index in [0.29, 0.717) is 27.9 Å². The van der Waals surface area contributed by atoms with Crippen molar-refractivity contribution in [1.29, 1.82) is 0 Å². The Kier molecular flexibility index (Phi) is 5.88. The van der Waals surface area contributed by atoms with Crippen molar-refractivity contribution in [1.82, 2.24) is 9.55 Å². The minimum Gasteiger partial charge on any atom is -0.306 e. The second kappa shape index (κ2) is 8.23. The SMILES string of the molecule is C=C(C)Cn1c(SCc2ccc(Cl)c(Cl)c2)nc2c(=O)c3c(sc21)CCCC3. The molecule has 0 fully saturated rings. The molecule has 1 aromatic carbocycles. The Morgan fingerprint density at radius 2 is 2.07 bits per heavy atom. The van der Waals surface area contributed by atoms with Crippen LogP contribution in [0.25, 0.3) is 10.3 Å². The summed E-state index contributed by atoms with van der Waals surface area (Å²) in [7, 11) is 0. The van der Waals surface area contributed by atoms with Crippen LogP contribution in [0.1, 0.15) is 35.8 Å². The molecule has 0 amide bonds. The molecule has 0 saturated heterocycles. The van der Waals surface area contributed by atoms with Crippen molar-refractivity contribution < 1.29 is 0 Å². The van der Waals surface area contributed by atoms with E-state index in [-0.39, 0.29) is 5.43 Å². The number of hydrogen-bond donors (Lipinski definition) is 0. The van der Waals surface area contributed by atoms with Crippen LogP contribution in [-0.4, -0.2) is 9.55 Å². The van der Waals surface area contributed by atoms with Crippen LogP contribution in [0.2, 0.25) is 10.0 Å². The van der Waals surface area contributed by atoms with Gasteiger partial charge in [0.25, 0.3) is 0 Å². The molecule has 0 N–H and O–H groups in total. The number of rotatable bonds is 5. The fourth-order valence-electron chi connectivity index (χ4n) is 3.46. The van der Waals surface area contributed by atoms with E-state index in [1.807, 2.05) is 25.1 Å². The molecule has 0 bridgehead atoms. The molecule has 3 nitrogen and oxygen atoms in total. The molecule has 28 heavy (non-hydrogen) atoms. The highest BCUT2D eigenvalue weighted by molar-refractivity contribution is 7.98. The lowest BCUT2D eigenvalue weighted by Gasteiger charge is -2.14. The second-order valence-corrected chi connectivity index (χ2v) is 10.0. The van der Waals surface area contributed by atoms with Crippen molar-refractivity contribution in [2.24, 2.45) is 0 Å². The van der Waals surface area contributed by atoms with Gasteiger partial charge in [-0.05, 0) is 50.3 Å². The molecule has 0 atom stereocenters. The van der Waals surface area contributed by atoms with Crippen LogP contribution in [0.15, 0.2) is 40.3 Å². The van der Waals surface area contributed by atoms with Gasteiger partial charge in [-0.2, -0.15) is 0 Å². The monoisotopic (exact) mass is 450 g/mol. The molecule has 0 aliphatic heterocycles. The van der Waals surface area contributed by atoms with Crippen molar-refractivity contribution in [2.75, 3.05) is 0 Å². The lowest BCUT2D eigenvalue weighted by atomic mass is 9.98. The van der Waals surface area contributed by atoms with Gasteiger partial charge >= 0.3 is 0 Å². The number of aromatic nitrogens is 2. The van der Waals surface area contributed by atoms with E-state index in [1.165, 1.54) is 4.88 Å². The molecule has 2 aromatic heterocycles. The molecule has 7 heteroatoms. The molecule has 2 heterocycles. The topological polar surface area (TPSA) is 34.9 Å². The van der Waals surface area contributed by atoms with Crippen molar-refractivity contribution >= 4 is 56.6 Å². The lowest BCUT2D eigenvalue weighted by molar-refractivity contribution is 0.692. The Morgan fingerprint density at radius 1 is 1.29 bits per heavy atom. The van der Waals surface area contributed by atoms with Crippen LogP contribution in [0.4, 0.5) is 0 Å². The number of fused-ring (bicyclic) bond motifs is 2. The van der Waals surface area contributed by atoms with Gasteiger partial charge in [0.1, 0.15) is 10.3 Å². The summed E-state index contributed by atoms with van der Waals surface area (Å²) in [5.74, 6) is 0.703. The third-order valence-electron chi connectivity index (χ3n) is 4.79. The van der Waals surface area contributed by atoms with E-state index in [9.17, 15) is 4.79 Å². The number of benzene rings is 1. The number of thioether (sulfide) groups is 1. The Labute approximate surface area is 182 Å². The average Bonchev–Trinajstić information content (AvgIpc) is 3.00. The maximum atomic E-state index is 13.0. The Bertz CT molecular complexity index is 1130. The second-order valence-electron chi connectivity index (χ2n) is 7.17. The van der Waals surface area contributed by atoms with Crippen molar-refractivity contribution in [2.45, 2.75) is 50.1 Å². The summed E-state index contributed by atoms with van der Waals surface area (Å²) in [6.07, 6.45) is 4.11. The van der Waals surface area contributed by atoms with Crippen LogP contribution in [-0.2, 0) is 25.1 Å². The fraction of sp³-hybridized carbons (Fsp3) is 0.333. The summed E-state index contributed by atoms with van der Waals surface area (Å²) in [4.78, 5) is 20.0. The minimum absolute atomic E-state index is 0.111. The average molecular weight is 451 g/mol. The van der Waals surface area contributed by atoms with Gasteiger partial charge in [0.15, 0.2) is 5.16 Å². The van der Waals surface area contributed by atoms with E-state index in [2.05, 4.69) is 11.1 Å². The Balaban J connectivity index is 1.75. The standard InChI is InChI=1S/C21H20Cl2N2OS2/c1-12(2)10-25-20-18(19(26)14-5-3-4-6-17(14)28-20)24-21(25)27-11-13-7-8-15(22)16(23)9-13/h7-9H,1,3-6,10-11H2,2H3. The van der Waals surface area contributed by atoms with Gasteiger partial charge in [-0.1, -0.05) is 53.2 Å². The third-order valence-corrected chi connectivity index (χ3v) is 7.88. The van der Waals surface area contributed by atoms with Crippen molar-refractivity contribution in [3.8, 4) is 0 Å². The van der Waals surface area contributed by atoms with Crippen LogP contribution >= 0.6 is 46.3 Å². The number of halogens is 2. The Hall–Kier alpha value is -1.27. The van der Waals surface area contributed by atoms with Crippen LogP contribution in [0, 0.1) is 0 Å². The van der Waals surface area contributed by atoms with E-state index < -0.39 is 0 Å². The summed E-state index contributed by atoms with van der Waals surface area (Å²) >= 11 is 15.5. The van der Waals surface area contributed by atoms with E-state index >= 15 is 0 Å². The molecule has 0 spiro atoms. The van der Waals surface area contributed by atoms with Gasteiger partial charge in [0, 0.05) is 22.7 Å². The number of aryl methyl sites for hydroxylation is 1. The zero-order valence-electron chi connectivity index (χ0n) is 15.6. The Morgan fingerprint density at radius 3 is 2.82 bits per heavy atom. The predicted molar refractivity (Wildman–Crippen MR) is 121 cm³/mol. The maximum absolute atomic E-state index is 13.0. The maximum Gasteiger partial charge on any atom is 0.211 e. The largest absolute Gasteiger partial charge is 0.306 e. The van der Waals surface area contributed by atoms with E-state index in [4.69, 9.17) is 28.2 Å². The molecular weight excluding hydrogens is 431 g/mol. The van der Waals surface area contributed by atoms with E-state index in [1.54, 1.807) is 23.1 Å². The normalized spacial score (nSPS) is 13.7. The van der Waals surface area contributed by atoms with E-state index in [0.717, 1.165) is 52.4 Å². The zero-order chi connectivity index (χ0) is 19.8. The molecule has 1 aliphatic rings. The minimum atomic E-state index is 0.111. The number of nitrogens with zero attached hydrogens (tertiary/aromatic N) is 2. The molecule has 0 unspecified atom stereocenters. The highest BCUT2D eigenvalue weighted by Crippen LogP contribution is 2.33. The zero-order valence-corrected chi connectivity index (χ0v) is 18.7. The highest BCUT2D eigenvalue weighted by atomic mass is 35.5. The van der Waals surface area contributed by atoms with Gasteiger partial charge in [0.05, 0.1) is 10.0 Å². The lowest BCUT2D eigenvalue weighted by Crippen LogP contribution is -2.15. The van der Waals surface area contributed by atoms with Crippen LogP contribution < -0.4 is 5.43 Å². The smallest absolute Gasteiger partial charge is 0.211 e. The summed E-state index contributed by atoms with van der Waals surface area (Å²) in [5, 5.41) is 1.94. The molecule has 0 saturated carbocycles. The van der Waals surface area contributed by atoms with Crippen LogP contribution in [0.3, 0.4) is 0 Å². The van der Waals surface area contributed by atoms with Gasteiger partial charge in [0.2, 0.25) is 5.43 Å². The van der Waals surface area contributed by atoms with Crippen molar-refractivity contribution in [3.63, 3.8) is 0 Å². The van der Waals surface area contributed by atoms with Gasteiger partial charge < -0.3 is 4.57 Å². The quantitative estimate of drug-likeness (QED) is 0.328. The van der Waals surface area contributed by atoms with Crippen molar-refractivity contribution in [3.05, 3.63) is 66.6 Å². The first-order chi connectivity index (χ1) is 13.4. The highest BCUT2D eigenvalue weighted by Gasteiger charge is 2.21. The summed E-state index contributed by atoms with van der Waals surface area (Å²) in [6, 6.07) is 5.65. The number of hydrogen-bond acceptors (Lipinski definition) is 4. The molecule has 0 radical (unpaired) electrons. The fourth-order valence-corrected chi connectivity index (χ4v) is 6.07. The first kappa shape index (κ1) is 20.0. The summed E-state index contributed by atoms with van der Waals surface area (Å²) in [5.41, 5.74) is 3.79. The number of allylic oxidation sites excluding steroid dienone is 1. The first-order valence-corrected chi connectivity index (χ1v) is 11.8. The van der Waals surface area contributed by atoms with Crippen LogP contribution in [0.5, 0.6) is 0 Å². The van der Waals surface area contributed by atoms with Gasteiger partial charge in [-0.25, -0.2) is 4.98 Å².